The molecule has 0 saturated heterocycles. The van der Waals surface area contributed by atoms with Crippen LogP contribution >= 0.6 is 22.6 Å². The summed E-state index contributed by atoms with van der Waals surface area (Å²) >= 11 is 2.45. The number of aromatic nitrogens is 2. The summed E-state index contributed by atoms with van der Waals surface area (Å²) in [6.45, 7) is 8.33. The van der Waals surface area contributed by atoms with Crippen LogP contribution in [0, 0.1) is 10.5 Å². The van der Waals surface area contributed by atoms with Gasteiger partial charge in [0.1, 0.15) is 0 Å². The molecule has 20 heavy (non-hydrogen) atoms. The van der Waals surface area contributed by atoms with Crippen molar-refractivity contribution >= 4 is 22.6 Å². The van der Waals surface area contributed by atoms with Crippen LogP contribution in [-0.2, 0) is 13.0 Å². The maximum Gasteiger partial charge on any atom is 0.0522 e. The minimum absolute atomic E-state index is 0.348. The summed E-state index contributed by atoms with van der Waals surface area (Å²) in [6.07, 6.45) is 5.11. The number of hydrogen-bond acceptors (Lipinski definition) is 2. The largest absolute Gasteiger partial charge is 0.310 e. The molecule has 1 unspecified atom stereocenters. The standard InChI is InChI=1S/C16H22IN3/c1-4-18-15(9-13-10-19-20(5-2)11-13)14-8-6-7-12(3)16(14)17/h6-8,10-11,15,18H,4-5,9H2,1-3H3. The van der Waals surface area contributed by atoms with E-state index in [0.29, 0.717) is 6.04 Å². The van der Waals surface area contributed by atoms with Crippen molar-refractivity contribution in [2.75, 3.05) is 6.54 Å². The predicted octanol–water partition coefficient (Wildman–Crippen LogP) is 3.71. The van der Waals surface area contributed by atoms with Crippen molar-refractivity contribution in [3.63, 3.8) is 0 Å². The second-order valence-electron chi connectivity index (χ2n) is 5.00. The Morgan fingerprint density at radius 2 is 2.15 bits per heavy atom. The van der Waals surface area contributed by atoms with Gasteiger partial charge in [0.2, 0.25) is 0 Å². The van der Waals surface area contributed by atoms with E-state index >= 15 is 0 Å². The number of hydrogen-bond donors (Lipinski definition) is 1. The van der Waals surface area contributed by atoms with Gasteiger partial charge < -0.3 is 5.32 Å². The van der Waals surface area contributed by atoms with Crippen molar-refractivity contribution in [2.24, 2.45) is 0 Å². The summed E-state index contributed by atoms with van der Waals surface area (Å²) in [6, 6.07) is 6.89. The lowest BCUT2D eigenvalue weighted by molar-refractivity contribution is 0.546. The first kappa shape index (κ1) is 15.5. The molecule has 1 aromatic carbocycles. The van der Waals surface area contributed by atoms with Crippen LogP contribution in [0.1, 0.15) is 36.6 Å². The molecule has 0 radical (unpaired) electrons. The molecule has 4 heteroatoms. The van der Waals surface area contributed by atoms with Crippen LogP contribution in [0.3, 0.4) is 0 Å². The topological polar surface area (TPSA) is 29.9 Å². The number of benzene rings is 1. The van der Waals surface area contributed by atoms with E-state index in [9.17, 15) is 0 Å². The number of halogens is 1. The fourth-order valence-electron chi connectivity index (χ4n) is 2.40. The zero-order chi connectivity index (χ0) is 14.5. The molecular formula is C16H22IN3. The van der Waals surface area contributed by atoms with Crippen LogP contribution < -0.4 is 5.32 Å². The summed E-state index contributed by atoms with van der Waals surface area (Å²) in [7, 11) is 0. The van der Waals surface area contributed by atoms with Gasteiger partial charge in [-0.2, -0.15) is 5.10 Å². The van der Waals surface area contributed by atoms with E-state index in [1.54, 1.807) is 0 Å². The van der Waals surface area contributed by atoms with Gasteiger partial charge in [-0.05, 0) is 66.1 Å². The molecule has 1 heterocycles. The highest BCUT2D eigenvalue weighted by atomic mass is 127. The molecule has 108 valence electrons. The summed E-state index contributed by atoms with van der Waals surface area (Å²) in [5.74, 6) is 0. The van der Waals surface area contributed by atoms with Crippen molar-refractivity contribution in [3.8, 4) is 0 Å². The van der Waals surface area contributed by atoms with Gasteiger partial charge in [0, 0.05) is 22.4 Å². The molecule has 0 aliphatic heterocycles. The van der Waals surface area contributed by atoms with Crippen molar-refractivity contribution in [2.45, 2.75) is 39.8 Å². The Balaban J connectivity index is 2.24. The molecule has 0 bridgehead atoms. The molecule has 1 aromatic heterocycles. The summed E-state index contributed by atoms with van der Waals surface area (Å²) in [5.41, 5.74) is 4.02. The molecule has 0 aliphatic rings. The Morgan fingerprint density at radius 1 is 1.35 bits per heavy atom. The molecule has 0 spiro atoms. The third-order valence-corrected chi connectivity index (χ3v) is 4.97. The zero-order valence-corrected chi connectivity index (χ0v) is 14.5. The highest BCUT2D eigenvalue weighted by Gasteiger charge is 2.15. The average molecular weight is 383 g/mol. The number of nitrogens with zero attached hydrogens (tertiary/aromatic N) is 2. The summed E-state index contributed by atoms with van der Waals surface area (Å²) in [5, 5.41) is 7.97. The van der Waals surface area contributed by atoms with Crippen molar-refractivity contribution < 1.29 is 0 Å². The second kappa shape index (κ2) is 7.22. The van der Waals surface area contributed by atoms with E-state index in [4.69, 9.17) is 0 Å². The lowest BCUT2D eigenvalue weighted by Gasteiger charge is -2.20. The molecular weight excluding hydrogens is 361 g/mol. The molecule has 0 amide bonds. The van der Waals surface area contributed by atoms with Gasteiger partial charge in [-0.25, -0.2) is 0 Å². The average Bonchev–Trinajstić information content (AvgIpc) is 2.89. The highest BCUT2D eigenvalue weighted by molar-refractivity contribution is 14.1. The minimum atomic E-state index is 0.348. The second-order valence-corrected chi connectivity index (χ2v) is 6.08. The van der Waals surface area contributed by atoms with Crippen LogP contribution in [-0.4, -0.2) is 16.3 Å². The third-order valence-electron chi connectivity index (χ3n) is 3.50. The highest BCUT2D eigenvalue weighted by Crippen LogP contribution is 2.25. The van der Waals surface area contributed by atoms with E-state index in [1.165, 1.54) is 20.3 Å². The van der Waals surface area contributed by atoms with Gasteiger partial charge in [0.15, 0.2) is 0 Å². The normalized spacial score (nSPS) is 12.6. The number of nitrogens with one attached hydrogen (secondary N) is 1. The van der Waals surface area contributed by atoms with Crippen molar-refractivity contribution in [1.82, 2.24) is 15.1 Å². The zero-order valence-electron chi connectivity index (χ0n) is 12.4. The van der Waals surface area contributed by atoms with E-state index < -0.39 is 0 Å². The van der Waals surface area contributed by atoms with Gasteiger partial charge in [-0.15, -0.1) is 0 Å². The first-order valence-electron chi connectivity index (χ1n) is 7.15. The van der Waals surface area contributed by atoms with E-state index in [-0.39, 0.29) is 0 Å². The molecule has 2 rings (SSSR count). The first-order chi connectivity index (χ1) is 9.65. The SMILES string of the molecule is CCNC(Cc1cnn(CC)c1)c1cccc(C)c1I. The number of rotatable bonds is 6. The summed E-state index contributed by atoms with van der Waals surface area (Å²) < 4.78 is 3.35. The third kappa shape index (κ3) is 3.61. The lowest BCUT2D eigenvalue weighted by atomic mass is 9.99. The molecule has 0 aliphatic carbocycles. The molecule has 3 nitrogen and oxygen atoms in total. The van der Waals surface area contributed by atoms with Crippen LogP contribution in [0.25, 0.3) is 0 Å². The Hall–Kier alpha value is -0.880. The van der Waals surface area contributed by atoms with Crippen LogP contribution in [0.5, 0.6) is 0 Å². The Kier molecular flexibility index (Phi) is 5.60. The van der Waals surface area contributed by atoms with Gasteiger partial charge in [-0.3, -0.25) is 4.68 Å². The molecule has 2 aromatic rings. The quantitative estimate of drug-likeness (QED) is 0.771. The van der Waals surface area contributed by atoms with Crippen molar-refractivity contribution in [3.05, 3.63) is 50.9 Å². The van der Waals surface area contributed by atoms with E-state index in [1.807, 2.05) is 10.9 Å². The van der Waals surface area contributed by atoms with E-state index in [0.717, 1.165) is 19.5 Å². The van der Waals surface area contributed by atoms with Gasteiger partial charge in [0.05, 0.1) is 6.20 Å². The maximum atomic E-state index is 4.37. The molecule has 0 fully saturated rings. The lowest BCUT2D eigenvalue weighted by Crippen LogP contribution is -2.24. The summed E-state index contributed by atoms with van der Waals surface area (Å²) in [4.78, 5) is 0. The fraction of sp³-hybridized carbons (Fsp3) is 0.438. The number of likely N-dealkylation sites (N-methyl/N-ethyl adjacent to an activating group) is 1. The monoisotopic (exact) mass is 383 g/mol. The van der Waals surface area contributed by atoms with E-state index in [2.05, 4.69) is 78.2 Å². The predicted molar refractivity (Wildman–Crippen MR) is 91.9 cm³/mol. The maximum absolute atomic E-state index is 4.37. The minimum Gasteiger partial charge on any atom is -0.310 e. The van der Waals surface area contributed by atoms with Crippen LogP contribution in [0.4, 0.5) is 0 Å². The van der Waals surface area contributed by atoms with Crippen LogP contribution in [0.2, 0.25) is 0 Å². The Bertz CT molecular complexity index is 563. The van der Waals surface area contributed by atoms with Gasteiger partial charge >= 0.3 is 0 Å². The first-order valence-corrected chi connectivity index (χ1v) is 8.23. The van der Waals surface area contributed by atoms with Crippen LogP contribution in [0.15, 0.2) is 30.6 Å². The number of aryl methyl sites for hydroxylation is 2. The smallest absolute Gasteiger partial charge is 0.0522 e. The van der Waals surface area contributed by atoms with Gasteiger partial charge in [-0.1, -0.05) is 25.1 Å². The Morgan fingerprint density at radius 3 is 2.80 bits per heavy atom. The molecule has 0 saturated carbocycles. The fourth-order valence-corrected chi connectivity index (χ4v) is 3.13. The molecule has 1 N–H and O–H groups in total. The molecule has 1 atom stereocenters. The van der Waals surface area contributed by atoms with Gasteiger partial charge in [0.25, 0.3) is 0 Å². The van der Waals surface area contributed by atoms with Crippen molar-refractivity contribution in [1.29, 1.82) is 0 Å². The Labute approximate surface area is 134 Å².